The maximum atomic E-state index is 8.80. The summed E-state index contributed by atoms with van der Waals surface area (Å²) in [5.41, 5.74) is 7.43. The van der Waals surface area contributed by atoms with Crippen molar-refractivity contribution >= 4 is 28.9 Å². The number of rotatable bonds is 3. The molecule has 0 fully saturated rings. The lowest BCUT2D eigenvalue weighted by Gasteiger charge is -2.07. The molecule has 1 heterocycles. The Morgan fingerprint density at radius 1 is 1.39 bits per heavy atom. The SMILES string of the molecule is Cc1ccc(Sc2nnc(C)s2)c(/C(N)=N/O)c1. The Bertz CT molecular complexity index is 594. The molecule has 0 saturated heterocycles. The van der Waals surface area contributed by atoms with Crippen LogP contribution in [0.5, 0.6) is 0 Å². The Hall–Kier alpha value is -1.60. The van der Waals surface area contributed by atoms with Gasteiger partial charge in [-0.1, -0.05) is 39.9 Å². The molecule has 3 N–H and O–H groups in total. The Kier molecular flexibility index (Phi) is 3.83. The quantitative estimate of drug-likeness (QED) is 0.390. The van der Waals surface area contributed by atoms with Gasteiger partial charge in [-0.15, -0.1) is 10.2 Å². The molecular weight excluding hydrogens is 268 g/mol. The van der Waals surface area contributed by atoms with E-state index >= 15 is 0 Å². The molecule has 2 rings (SSSR count). The molecule has 0 atom stereocenters. The normalized spacial score (nSPS) is 11.8. The lowest BCUT2D eigenvalue weighted by Crippen LogP contribution is -2.14. The third-order valence-corrected chi connectivity index (χ3v) is 4.19. The second-order valence-corrected chi connectivity index (χ2v) is 6.14. The number of amidine groups is 1. The first kappa shape index (κ1) is 12.8. The molecule has 0 aliphatic heterocycles. The zero-order chi connectivity index (χ0) is 13.1. The molecule has 0 saturated carbocycles. The van der Waals surface area contributed by atoms with Gasteiger partial charge >= 0.3 is 0 Å². The summed E-state index contributed by atoms with van der Waals surface area (Å²) in [7, 11) is 0. The minimum atomic E-state index is 0.0995. The zero-order valence-corrected chi connectivity index (χ0v) is 11.5. The zero-order valence-electron chi connectivity index (χ0n) is 9.91. The van der Waals surface area contributed by atoms with E-state index in [0.29, 0.717) is 5.56 Å². The topological polar surface area (TPSA) is 84.4 Å². The van der Waals surface area contributed by atoms with Gasteiger partial charge in [0.15, 0.2) is 10.2 Å². The van der Waals surface area contributed by atoms with Gasteiger partial charge in [0.1, 0.15) is 5.01 Å². The van der Waals surface area contributed by atoms with E-state index in [1.165, 1.54) is 23.1 Å². The minimum absolute atomic E-state index is 0.0995. The smallest absolute Gasteiger partial charge is 0.179 e. The van der Waals surface area contributed by atoms with Crippen molar-refractivity contribution in [1.82, 2.24) is 10.2 Å². The molecule has 1 aromatic heterocycles. The van der Waals surface area contributed by atoms with E-state index < -0.39 is 0 Å². The highest BCUT2D eigenvalue weighted by molar-refractivity contribution is 8.01. The second-order valence-electron chi connectivity index (χ2n) is 3.67. The highest BCUT2D eigenvalue weighted by Crippen LogP contribution is 2.32. The lowest BCUT2D eigenvalue weighted by molar-refractivity contribution is 0.318. The number of oxime groups is 1. The Labute approximate surface area is 113 Å². The van der Waals surface area contributed by atoms with Crippen molar-refractivity contribution in [2.45, 2.75) is 23.1 Å². The van der Waals surface area contributed by atoms with E-state index in [2.05, 4.69) is 15.4 Å². The summed E-state index contributed by atoms with van der Waals surface area (Å²) in [6, 6.07) is 5.79. The number of nitrogens with two attached hydrogens (primary N) is 1. The standard InChI is InChI=1S/C11H12N4OS2/c1-6-3-4-9(8(5-6)10(12)15-16)18-11-14-13-7(2)17-11/h3-5,16H,1-2H3,(H2,12,15). The van der Waals surface area contributed by atoms with Gasteiger partial charge in [-0.3, -0.25) is 0 Å². The van der Waals surface area contributed by atoms with Crippen LogP contribution in [0.3, 0.4) is 0 Å². The molecule has 2 aromatic rings. The summed E-state index contributed by atoms with van der Waals surface area (Å²) in [5.74, 6) is 0.0995. The summed E-state index contributed by atoms with van der Waals surface area (Å²) < 4.78 is 0.836. The number of aryl methyl sites for hydroxylation is 2. The number of nitrogens with zero attached hydrogens (tertiary/aromatic N) is 3. The molecule has 0 aliphatic rings. The van der Waals surface area contributed by atoms with E-state index in [0.717, 1.165) is 19.8 Å². The fourth-order valence-corrected chi connectivity index (χ4v) is 3.29. The average Bonchev–Trinajstić information content (AvgIpc) is 2.76. The van der Waals surface area contributed by atoms with E-state index in [1.54, 1.807) is 0 Å². The van der Waals surface area contributed by atoms with Gasteiger partial charge in [0.25, 0.3) is 0 Å². The van der Waals surface area contributed by atoms with Crippen LogP contribution in [0.4, 0.5) is 0 Å². The van der Waals surface area contributed by atoms with Crippen LogP contribution in [0.25, 0.3) is 0 Å². The summed E-state index contributed by atoms with van der Waals surface area (Å²) >= 11 is 2.97. The Morgan fingerprint density at radius 3 is 2.78 bits per heavy atom. The number of hydrogen-bond acceptors (Lipinski definition) is 6. The number of hydrogen-bond donors (Lipinski definition) is 2. The average molecular weight is 280 g/mol. The predicted octanol–water partition coefficient (Wildman–Crippen LogP) is 2.40. The van der Waals surface area contributed by atoms with Crippen molar-refractivity contribution in [3.8, 4) is 0 Å². The van der Waals surface area contributed by atoms with Crippen LogP contribution >= 0.6 is 23.1 Å². The van der Waals surface area contributed by atoms with Crippen LogP contribution in [0.2, 0.25) is 0 Å². The van der Waals surface area contributed by atoms with Crippen LogP contribution in [-0.2, 0) is 0 Å². The van der Waals surface area contributed by atoms with E-state index in [4.69, 9.17) is 10.9 Å². The molecule has 5 nitrogen and oxygen atoms in total. The van der Waals surface area contributed by atoms with Crippen molar-refractivity contribution in [2.24, 2.45) is 10.9 Å². The summed E-state index contributed by atoms with van der Waals surface area (Å²) in [4.78, 5) is 0.895. The monoisotopic (exact) mass is 280 g/mol. The third-order valence-electron chi connectivity index (χ3n) is 2.22. The van der Waals surface area contributed by atoms with Crippen molar-refractivity contribution in [3.05, 3.63) is 34.3 Å². The van der Waals surface area contributed by atoms with E-state index in [-0.39, 0.29) is 5.84 Å². The van der Waals surface area contributed by atoms with E-state index in [9.17, 15) is 0 Å². The van der Waals surface area contributed by atoms with Crippen molar-refractivity contribution in [1.29, 1.82) is 0 Å². The van der Waals surface area contributed by atoms with Crippen molar-refractivity contribution < 1.29 is 5.21 Å². The fourth-order valence-electron chi connectivity index (χ4n) is 1.40. The molecule has 0 spiro atoms. The van der Waals surface area contributed by atoms with Gasteiger partial charge in [0, 0.05) is 10.5 Å². The molecule has 7 heteroatoms. The maximum absolute atomic E-state index is 8.80. The van der Waals surface area contributed by atoms with Gasteiger partial charge < -0.3 is 10.9 Å². The third kappa shape index (κ3) is 2.80. The van der Waals surface area contributed by atoms with Crippen molar-refractivity contribution in [3.63, 3.8) is 0 Å². The number of aromatic nitrogens is 2. The van der Waals surface area contributed by atoms with Gasteiger partial charge in [-0.05, 0) is 26.0 Å². The van der Waals surface area contributed by atoms with Crippen LogP contribution in [0, 0.1) is 13.8 Å². The largest absolute Gasteiger partial charge is 0.409 e. The maximum Gasteiger partial charge on any atom is 0.179 e. The molecule has 0 unspecified atom stereocenters. The lowest BCUT2D eigenvalue weighted by atomic mass is 10.1. The van der Waals surface area contributed by atoms with Crippen molar-refractivity contribution in [2.75, 3.05) is 0 Å². The van der Waals surface area contributed by atoms with Gasteiger partial charge in [0.2, 0.25) is 0 Å². The molecule has 0 aliphatic carbocycles. The van der Waals surface area contributed by atoms with Gasteiger partial charge in [-0.25, -0.2) is 0 Å². The van der Waals surface area contributed by atoms with Crippen LogP contribution in [-0.4, -0.2) is 21.2 Å². The Balaban J connectivity index is 2.38. The highest BCUT2D eigenvalue weighted by atomic mass is 32.2. The number of benzene rings is 1. The molecule has 0 radical (unpaired) electrons. The molecule has 0 amide bonds. The summed E-state index contributed by atoms with van der Waals surface area (Å²) in [6.07, 6.45) is 0. The van der Waals surface area contributed by atoms with Crippen LogP contribution in [0.1, 0.15) is 16.1 Å². The first-order valence-corrected chi connectivity index (χ1v) is 6.80. The van der Waals surface area contributed by atoms with Gasteiger partial charge in [-0.2, -0.15) is 0 Å². The van der Waals surface area contributed by atoms with Gasteiger partial charge in [0.05, 0.1) is 0 Å². The first-order chi connectivity index (χ1) is 8.60. The molecule has 18 heavy (non-hydrogen) atoms. The molecule has 94 valence electrons. The summed E-state index contributed by atoms with van der Waals surface area (Å²) in [6.45, 7) is 3.86. The molecule has 0 bridgehead atoms. The minimum Gasteiger partial charge on any atom is -0.409 e. The van der Waals surface area contributed by atoms with Crippen LogP contribution < -0.4 is 5.73 Å². The first-order valence-electron chi connectivity index (χ1n) is 5.16. The summed E-state index contributed by atoms with van der Waals surface area (Å²) in [5, 5.41) is 20.8. The van der Waals surface area contributed by atoms with Crippen LogP contribution in [0.15, 0.2) is 32.6 Å². The molecular formula is C11H12N4OS2. The fraction of sp³-hybridized carbons (Fsp3) is 0.182. The Morgan fingerprint density at radius 2 is 2.17 bits per heavy atom. The predicted molar refractivity (Wildman–Crippen MR) is 72.5 cm³/mol. The molecule has 1 aromatic carbocycles. The highest BCUT2D eigenvalue weighted by Gasteiger charge is 2.11. The second kappa shape index (κ2) is 5.36. The van der Waals surface area contributed by atoms with E-state index in [1.807, 2.05) is 32.0 Å².